The van der Waals surface area contributed by atoms with Gasteiger partial charge in [0.05, 0.1) is 7.11 Å². The fourth-order valence-corrected chi connectivity index (χ4v) is 2.03. The van der Waals surface area contributed by atoms with Gasteiger partial charge in [0, 0.05) is 12.7 Å². The number of carbonyl (C=O) groups is 1. The predicted octanol–water partition coefficient (Wildman–Crippen LogP) is 1.80. The van der Waals surface area contributed by atoms with Crippen molar-refractivity contribution >= 4 is 5.97 Å². The van der Waals surface area contributed by atoms with E-state index in [2.05, 4.69) is 0 Å². The number of aryl methyl sites for hydroxylation is 2. The van der Waals surface area contributed by atoms with Crippen LogP contribution in [0, 0.1) is 0 Å². The number of carboxylic acids is 1. The third-order valence-electron chi connectivity index (χ3n) is 3.07. The minimum atomic E-state index is -1.21. The minimum absolute atomic E-state index is 0.215. The molecule has 0 radical (unpaired) electrons. The van der Waals surface area contributed by atoms with E-state index in [1.165, 1.54) is 10.6 Å². The van der Waals surface area contributed by atoms with E-state index < -0.39 is 11.5 Å². The summed E-state index contributed by atoms with van der Waals surface area (Å²) in [5.41, 5.74) is 0.269. The van der Waals surface area contributed by atoms with Crippen molar-refractivity contribution in [3.05, 3.63) is 64.1 Å². The second kappa shape index (κ2) is 6.06. The first-order chi connectivity index (χ1) is 9.63. The van der Waals surface area contributed by atoms with Gasteiger partial charge in [0.2, 0.25) is 0 Å². The van der Waals surface area contributed by atoms with Gasteiger partial charge < -0.3 is 14.4 Å². The molecule has 0 saturated heterocycles. The third kappa shape index (κ3) is 2.88. The summed E-state index contributed by atoms with van der Waals surface area (Å²) in [5, 5.41) is 8.92. The average molecular weight is 273 g/mol. The predicted molar refractivity (Wildman–Crippen MR) is 74.4 cm³/mol. The summed E-state index contributed by atoms with van der Waals surface area (Å²) in [5.74, 6) is -0.448. The van der Waals surface area contributed by atoms with Crippen LogP contribution < -0.4 is 10.3 Å². The number of pyridine rings is 1. The number of benzene rings is 1. The highest BCUT2D eigenvalue weighted by atomic mass is 16.5. The second-order valence-electron chi connectivity index (χ2n) is 4.29. The molecule has 0 bridgehead atoms. The van der Waals surface area contributed by atoms with Crippen LogP contribution in [0.5, 0.6) is 5.75 Å². The van der Waals surface area contributed by atoms with Gasteiger partial charge in [-0.3, -0.25) is 4.79 Å². The van der Waals surface area contributed by atoms with Gasteiger partial charge in [-0.2, -0.15) is 0 Å². The smallest absolute Gasteiger partial charge is 0.341 e. The molecule has 104 valence electrons. The van der Waals surface area contributed by atoms with Crippen LogP contribution >= 0.6 is 0 Å². The standard InChI is InChI=1S/C15H15NO4/c1-20-13-7-3-2-5-11(13)8-10-16-9-4-6-12(14(16)17)15(18)19/h2-7,9H,8,10H2,1H3,(H,18,19). The lowest BCUT2D eigenvalue weighted by atomic mass is 10.1. The molecular formula is C15H15NO4. The number of aromatic nitrogens is 1. The molecule has 1 aromatic carbocycles. The van der Waals surface area contributed by atoms with Crippen LogP contribution in [0.3, 0.4) is 0 Å². The number of nitrogens with zero attached hydrogens (tertiary/aromatic N) is 1. The van der Waals surface area contributed by atoms with Crippen LogP contribution in [0.25, 0.3) is 0 Å². The number of hydrogen-bond donors (Lipinski definition) is 1. The Labute approximate surface area is 116 Å². The van der Waals surface area contributed by atoms with Gasteiger partial charge in [0.15, 0.2) is 0 Å². The Morgan fingerprint density at radius 3 is 2.70 bits per heavy atom. The molecule has 5 heteroatoms. The third-order valence-corrected chi connectivity index (χ3v) is 3.07. The van der Waals surface area contributed by atoms with Crippen molar-refractivity contribution in [1.29, 1.82) is 0 Å². The summed E-state index contributed by atoms with van der Waals surface area (Å²) in [4.78, 5) is 22.9. The summed E-state index contributed by atoms with van der Waals surface area (Å²) >= 11 is 0. The van der Waals surface area contributed by atoms with E-state index in [9.17, 15) is 9.59 Å². The lowest BCUT2D eigenvalue weighted by molar-refractivity contribution is 0.0694. The molecule has 0 atom stereocenters. The van der Waals surface area contributed by atoms with Gasteiger partial charge >= 0.3 is 5.97 Å². The maximum atomic E-state index is 11.9. The largest absolute Gasteiger partial charge is 0.496 e. The molecular weight excluding hydrogens is 258 g/mol. The maximum Gasteiger partial charge on any atom is 0.341 e. The summed E-state index contributed by atoms with van der Waals surface area (Å²) in [6, 6.07) is 10.4. The number of methoxy groups -OCH3 is 1. The van der Waals surface area contributed by atoms with Gasteiger partial charge in [0.25, 0.3) is 5.56 Å². The molecule has 0 spiro atoms. The Hall–Kier alpha value is -2.56. The van der Waals surface area contributed by atoms with Crippen LogP contribution in [-0.4, -0.2) is 22.8 Å². The molecule has 1 N–H and O–H groups in total. The molecule has 1 heterocycles. The normalized spacial score (nSPS) is 10.2. The van der Waals surface area contributed by atoms with Gasteiger partial charge in [-0.1, -0.05) is 18.2 Å². The molecule has 0 aliphatic carbocycles. The molecule has 0 aliphatic rings. The van der Waals surface area contributed by atoms with Crippen LogP contribution in [0.1, 0.15) is 15.9 Å². The highest BCUT2D eigenvalue weighted by Crippen LogP contribution is 2.17. The summed E-state index contributed by atoms with van der Waals surface area (Å²) in [6.45, 7) is 0.403. The zero-order valence-corrected chi connectivity index (χ0v) is 11.1. The highest BCUT2D eigenvalue weighted by Gasteiger charge is 2.10. The second-order valence-corrected chi connectivity index (χ2v) is 4.29. The van der Waals surface area contributed by atoms with Crippen LogP contribution in [0.2, 0.25) is 0 Å². The minimum Gasteiger partial charge on any atom is -0.496 e. The number of carboxylic acid groups (broad SMARTS) is 1. The Morgan fingerprint density at radius 2 is 2.00 bits per heavy atom. The number of rotatable bonds is 5. The first-order valence-electron chi connectivity index (χ1n) is 6.18. The zero-order valence-electron chi connectivity index (χ0n) is 11.1. The molecule has 0 amide bonds. The highest BCUT2D eigenvalue weighted by molar-refractivity contribution is 5.86. The molecule has 0 fully saturated rings. The van der Waals surface area contributed by atoms with Crippen molar-refractivity contribution in [3.8, 4) is 5.75 Å². The van der Waals surface area contributed by atoms with Crippen LogP contribution in [-0.2, 0) is 13.0 Å². The van der Waals surface area contributed by atoms with Gasteiger partial charge in [-0.05, 0) is 30.2 Å². The maximum absolute atomic E-state index is 11.9. The first-order valence-corrected chi connectivity index (χ1v) is 6.18. The molecule has 0 aliphatic heterocycles. The van der Waals surface area contributed by atoms with Crippen LogP contribution in [0.4, 0.5) is 0 Å². The van der Waals surface area contributed by atoms with Gasteiger partial charge in [-0.25, -0.2) is 4.79 Å². The van der Waals surface area contributed by atoms with Gasteiger partial charge in [0.1, 0.15) is 11.3 Å². The molecule has 1 aromatic heterocycles. The number of para-hydroxylation sites is 1. The quantitative estimate of drug-likeness (QED) is 0.902. The van der Waals surface area contributed by atoms with Crippen molar-refractivity contribution in [1.82, 2.24) is 4.57 Å². The summed E-state index contributed by atoms with van der Waals surface area (Å²) in [6.07, 6.45) is 2.18. The average Bonchev–Trinajstić information content (AvgIpc) is 2.46. The van der Waals surface area contributed by atoms with Crippen molar-refractivity contribution in [2.75, 3.05) is 7.11 Å². The van der Waals surface area contributed by atoms with E-state index in [1.807, 2.05) is 24.3 Å². The van der Waals surface area contributed by atoms with E-state index in [4.69, 9.17) is 9.84 Å². The van der Waals surface area contributed by atoms with Gasteiger partial charge in [-0.15, -0.1) is 0 Å². The Bertz CT molecular complexity index is 676. The first kappa shape index (κ1) is 13.9. The molecule has 0 unspecified atom stereocenters. The van der Waals surface area contributed by atoms with E-state index in [0.29, 0.717) is 13.0 Å². The Kier molecular flexibility index (Phi) is 4.20. The summed E-state index contributed by atoms with van der Waals surface area (Å²) < 4.78 is 6.64. The van der Waals surface area contributed by atoms with Crippen molar-refractivity contribution < 1.29 is 14.6 Å². The molecule has 2 rings (SSSR count). The molecule has 0 saturated carbocycles. The fourth-order valence-electron chi connectivity index (χ4n) is 2.03. The SMILES string of the molecule is COc1ccccc1CCn1cccc(C(=O)O)c1=O. The summed E-state index contributed by atoms with van der Waals surface area (Å²) in [7, 11) is 1.59. The van der Waals surface area contributed by atoms with E-state index in [-0.39, 0.29) is 5.56 Å². The van der Waals surface area contributed by atoms with Crippen LogP contribution in [0.15, 0.2) is 47.4 Å². The van der Waals surface area contributed by atoms with Crippen molar-refractivity contribution in [2.45, 2.75) is 13.0 Å². The molecule has 2 aromatic rings. The van der Waals surface area contributed by atoms with Crippen molar-refractivity contribution in [2.24, 2.45) is 0 Å². The Balaban J connectivity index is 2.22. The van der Waals surface area contributed by atoms with E-state index in [0.717, 1.165) is 11.3 Å². The number of aromatic carboxylic acids is 1. The van der Waals surface area contributed by atoms with E-state index in [1.54, 1.807) is 19.4 Å². The number of hydrogen-bond acceptors (Lipinski definition) is 3. The molecule has 20 heavy (non-hydrogen) atoms. The zero-order chi connectivity index (χ0) is 14.5. The fraction of sp³-hybridized carbons (Fsp3) is 0.200. The lowest BCUT2D eigenvalue weighted by Crippen LogP contribution is -2.26. The van der Waals surface area contributed by atoms with Crippen molar-refractivity contribution in [3.63, 3.8) is 0 Å². The van der Waals surface area contributed by atoms with E-state index >= 15 is 0 Å². The lowest BCUT2D eigenvalue weighted by Gasteiger charge is -2.10. The number of ether oxygens (including phenoxy) is 1. The monoisotopic (exact) mass is 273 g/mol. The Morgan fingerprint density at radius 1 is 1.25 bits per heavy atom. The molecule has 5 nitrogen and oxygen atoms in total. The topological polar surface area (TPSA) is 68.5 Å².